The summed E-state index contributed by atoms with van der Waals surface area (Å²) in [6.07, 6.45) is -3.26. The lowest BCUT2D eigenvalue weighted by Gasteiger charge is -2.30. The van der Waals surface area contributed by atoms with Crippen molar-refractivity contribution in [2.45, 2.75) is 11.1 Å². The Kier molecular flexibility index (Phi) is 4.78. The molecule has 154 valence electrons. The molecular weight excluding hydrogens is 410 g/mol. The van der Waals surface area contributed by atoms with Crippen molar-refractivity contribution in [3.05, 3.63) is 60.0 Å². The summed E-state index contributed by atoms with van der Waals surface area (Å²) in [5, 5.41) is 3.61. The zero-order chi connectivity index (χ0) is 20.8. The van der Waals surface area contributed by atoms with E-state index in [4.69, 9.17) is 0 Å². The second-order valence-corrected chi connectivity index (χ2v) is 8.52. The molecule has 1 fully saturated rings. The fourth-order valence-electron chi connectivity index (χ4n) is 3.50. The molecule has 5 nitrogen and oxygen atoms in total. The molecule has 0 aliphatic carbocycles. The first-order valence-corrected chi connectivity index (χ1v) is 10.3. The summed E-state index contributed by atoms with van der Waals surface area (Å²) < 4.78 is 79.8. The molecule has 1 aromatic heterocycles. The molecule has 0 bridgehead atoms. The zero-order valence-electron chi connectivity index (χ0n) is 15.1. The van der Waals surface area contributed by atoms with Gasteiger partial charge in [0.1, 0.15) is 5.82 Å². The molecule has 1 aliphatic rings. The predicted molar refractivity (Wildman–Crippen MR) is 101 cm³/mol. The number of hydrogen-bond donors (Lipinski definition) is 1. The summed E-state index contributed by atoms with van der Waals surface area (Å²) in [5.41, 5.74) is -0.345. The van der Waals surface area contributed by atoms with Crippen molar-refractivity contribution in [1.82, 2.24) is 9.29 Å². The molecule has 1 saturated heterocycles. The first-order chi connectivity index (χ1) is 13.7. The van der Waals surface area contributed by atoms with E-state index in [1.807, 2.05) is 4.90 Å². The molecule has 0 saturated carbocycles. The average molecular weight is 427 g/mol. The highest BCUT2D eigenvalue weighted by Crippen LogP contribution is 2.34. The van der Waals surface area contributed by atoms with Gasteiger partial charge in [-0.1, -0.05) is 0 Å². The number of alkyl halides is 3. The Morgan fingerprint density at radius 1 is 0.931 bits per heavy atom. The average Bonchev–Trinajstić information content (AvgIpc) is 3.13. The van der Waals surface area contributed by atoms with Gasteiger partial charge in [0.2, 0.25) is 0 Å². The van der Waals surface area contributed by atoms with Gasteiger partial charge in [-0.05, 0) is 42.5 Å². The van der Waals surface area contributed by atoms with Gasteiger partial charge >= 0.3 is 6.18 Å². The number of aromatic nitrogens is 1. The van der Waals surface area contributed by atoms with Gasteiger partial charge in [0.05, 0.1) is 21.7 Å². The van der Waals surface area contributed by atoms with Crippen molar-refractivity contribution in [2.24, 2.45) is 0 Å². The highest BCUT2D eigenvalue weighted by Gasteiger charge is 2.31. The fraction of sp³-hybridized carbons (Fsp3) is 0.263. The number of benzene rings is 2. The van der Waals surface area contributed by atoms with Crippen LogP contribution in [0, 0.1) is 5.82 Å². The van der Waals surface area contributed by atoms with Crippen molar-refractivity contribution < 1.29 is 26.0 Å². The summed E-state index contributed by atoms with van der Waals surface area (Å²) in [6, 6.07) is 7.37. The molecule has 1 aliphatic heterocycles. The molecule has 0 unspecified atom stereocenters. The molecule has 3 aromatic rings. The number of piperazine rings is 1. The Bertz CT molecular complexity index is 1150. The molecule has 1 N–H and O–H groups in total. The Labute approximate surface area is 164 Å². The monoisotopic (exact) mass is 427 g/mol. The molecule has 2 aromatic carbocycles. The second-order valence-electron chi connectivity index (χ2n) is 6.70. The Balaban J connectivity index is 1.80. The second kappa shape index (κ2) is 7.03. The Hall–Kier alpha value is -2.59. The van der Waals surface area contributed by atoms with Crippen LogP contribution >= 0.6 is 0 Å². The maximum absolute atomic E-state index is 14.6. The first kappa shape index (κ1) is 19.7. The summed E-state index contributed by atoms with van der Waals surface area (Å²) in [6.45, 7) is 2.51. The number of rotatable bonds is 3. The standard InChI is InChI=1S/C19H17F4N3O2S/c20-16-5-6-17-15(18(16)25-11-8-24-9-12-25)7-10-26(17)29(27,28)14-3-1-13(2-4-14)19(21,22)23/h1-7,10,24H,8-9,11-12H2. The van der Waals surface area contributed by atoms with Gasteiger partial charge in [-0.15, -0.1) is 0 Å². The third-order valence-electron chi connectivity index (χ3n) is 4.93. The van der Waals surface area contributed by atoms with Crippen molar-refractivity contribution in [3.8, 4) is 0 Å². The maximum Gasteiger partial charge on any atom is 0.416 e. The molecule has 0 amide bonds. The van der Waals surface area contributed by atoms with Crippen LogP contribution in [0.15, 0.2) is 53.6 Å². The van der Waals surface area contributed by atoms with Crippen molar-refractivity contribution in [1.29, 1.82) is 0 Å². The zero-order valence-corrected chi connectivity index (χ0v) is 15.9. The molecule has 0 spiro atoms. The van der Waals surface area contributed by atoms with Crippen molar-refractivity contribution >= 4 is 26.6 Å². The minimum Gasteiger partial charge on any atom is -0.366 e. The number of anilines is 1. The highest BCUT2D eigenvalue weighted by molar-refractivity contribution is 7.90. The summed E-state index contributed by atoms with van der Waals surface area (Å²) in [5.74, 6) is -0.455. The third kappa shape index (κ3) is 3.46. The predicted octanol–water partition coefficient (Wildman–Crippen LogP) is 3.45. The molecule has 0 radical (unpaired) electrons. The van der Waals surface area contributed by atoms with Gasteiger partial charge in [-0.3, -0.25) is 0 Å². The van der Waals surface area contributed by atoms with Gasteiger partial charge in [-0.2, -0.15) is 13.2 Å². The third-order valence-corrected chi connectivity index (χ3v) is 6.63. The number of halogens is 4. The largest absolute Gasteiger partial charge is 0.416 e. The minimum absolute atomic E-state index is 0.264. The van der Waals surface area contributed by atoms with E-state index in [9.17, 15) is 26.0 Å². The topological polar surface area (TPSA) is 54.3 Å². The van der Waals surface area contributed by atoms with Crippen LogP contribution in [-0.2, 0) is 16.2 Å². The molecule has 4 rings (SSSR count). The van der Waals surface area contributed by atoms with Gasteiger partial charge < -0.3 is 10.2 Å². The fourth-order valence-corrected chi connectivity index (χ4v) is 4.85. The number of hydrogen-bond acceptors (Lipinski definition) is 4. The summed E-state index contributed by atoms with van der Waals surface area (Å²) in [7, 11) is -4.15. The van der Waals surface area contributed by atoms with E-state index in [0.29, 0.717) is 37.3 Å². The van der Waals surface area contributed by atoms with Crippen LogP contribution in [0.2, 0.25) is 0 Å². The first-order valence-electron chi connectivity index (χ1n) is 8.87. The highest BCUT2D eigenvalue weighted by atomic mass is 32.2. The molecule has 2 heterocycles. The summed E-state index contributed by atoms with van der Waals surface area (Å²) in [4.78, 5) is 1.57. The van der Waals surface area contributed by atoms with Crippen molar-refractivity contribution in [2.75, 3.05) is 31.1 Å². The van der Waals surface area contributed by atoms with Gasteiger partial charge in [0, 0.05) is 37.8 Å². The van der Waals surface area contributed by atoms with E-state index in [1.54, 1.807) is 0 Å². The quantitative estimate of drug-likeness (QED) is 0.651. The normalized spacial score (nSPS) is 15.8. The smallest absolute Gasteiger partial charge is 0.366 e. The number of nitrogens with one attached hydrogen (secondary N) is 1. The molecule has 0 atom stereocenters. The minimum atomic E-state index is -4.56. The maximum atomic E-state index is 14.6. The lowest BCUT2D eigenvalue weighted by atomic mass is 10.1. The van der Waals surface area contributed by atoms with Crippen LogP contribution in [-0.4, -0.2) is 38.6 Å². The molecule has 29 heavy (non-hydrogen) atoms. The van der Waals surface area contributed by atoms with Gasteiger partial charge in [-0.25, -0.2) is 16.8 Å². The van der Waals surface area contributed by atoms with Crippen LogP contribution in [0.25, 0.3) is 10.9 Å². The van der Waals surface area contributed by atoms with Gasteiger partial charge in [0.15, 0.2) is 0 Å². The molecular formula is C19H17F4N3O2S. The Morgan fingerprint density at radius 3 is 2.21 bits per heavy atom. The van der Waals surface area contributed by atoms with E-state index in [0.717, 1.165) is 28.2 Å². The van der Waals surface area contributed by atoms with E-state index in [1.165, 1.54) is 24.4 Å². The van der Waals surface area contributed by atoms with Crippen molar-refractivity contribution in [3.63, 3.8) is 0 Å². The summed E-state index contributed by atoms with van der Waals surface area (Å²) >= 11 is 0. The lowest BCUT2D eigenvalue weighted by molar-refractivity contribution is -0.137. The Morgan fingerprint density at radius 2 is 1.59 bits per heavy atom. The van der Waals surface area contributed by atoms with E-state index in [2.05, 4.69) is 5.32 Å². The van der Waals surface area contributed by atoms with Crippen LogP contribution in [0.1, 0.15) is 5.56 Å². The van der Waals surface area contributed by atoms with Crippen LogP contribution in [0.5, 0.6) is 0 Å². The van der Waals surface area contributed by atoms with Crippen LogP contribution < -0.4 is 10.2 Å². The lowest BCUT2D eigenvalue weighted by Crippen LogP contribution is -2.44. The van der Waals surface area contributed by atoms with Crippen LogP contribution in [0.4, 0.5) is 23.2 Å². The van der Waals surface area contributed by atoms with E-state index < -0.39 is 27.6 Å². The van der Waals surface area contributed by atoms with E-state index >= 15 is 0 Å². The van der Waals surface area contributed by atoms with Gasteiger partial charge in [0.25, 0.3) is 10.0 Å². The van der Waals surface area contributed by atoms with E-state index in [-0.39, 0.29) is 10.4 Å². The SMILES string of the molecule is O=S(=O)(c1ccc(C(F)(F)F)cc1)n1ccc2c(N3CCNCC3)c(F)ccc21. The molecule has 10 heteroatoms. The number of nitrogens with zero attached hydrogens (tertiary/aromatic N) is 2. The van der Waals surface area contributed by atoms with Crippen LogP contribution in [0.3, 0.4) is 0 Å². The number of fused-ring (bicyclic) bond motifs is 1.